The van der Waals surface area contributed by atoms with Crippen molar-refractivity contribution in [2.45, 2.75) is 6.92 Å². The van der Waals surface area contributed by atoms with Crippen LogP contribution in [0.5, 0.6) is 0 Å². The zero-order chi connectivity index (χ0) is 16.1. The van der Waals surface area contributed by atoms with Crippen LogP contribution in [0.1, 0.15) is 16.3 Å². The highest BCUT2D eigenvalue weighted by Crippen LogP contribution is 2.27. The molecule has 1 amide bonds. The van der Waals surface area contributed by atoms with Crippen molar-refractivity contribution in [3.8, 4) is 0 Å². The van der Waals surface area contributed by atoms with Crippen LogP contribution in [0.25, 0.3) is 0 Å². The number of hydrogen-bond donors (Lipinski definition) is 2. The molecule has 1 aromatic carbocycles. The fourth-order valence-corrected chi connectivity index (χ4v) is 2.19. The van der Waals surface area contributed by atoms with Crippen LogP contribution in [0.15, 0.2) is 36.9 Å². The molecule has 0 atom stereocenters. The maximum atomic E-state index is 12.0. The molecular formula is C15H14Cl2N4O. The summed E-state index contributed by atoms with van der Waals surface area (Å²) in [6.07, 6.45) is 1.60. The summed E-state index contributed by atoms with van der Waals surface area (Å²) >= 11 is 12.0. The van der Waals surface area contributed by atoms with Crippen molar-refractivity contribution < 1.29 is 4.79 Å². The predicted molar refractivity (Wildman–Crippen MR) is 89.0 cm³/mol. The van der Waals surface area contributed by atoms with Gasteiger partial charge in [-0.3, -0.25) is 4.79 Å². The van der Waals surface area contributed by atoms with Gasteiger partial charge in [0.2, 0.25) is 0 Å². The Balaban J connectivity index is 2.26. The Kier molecular flexibility index (Phi) is 5.35. The van der Waals surface area contributed by atoms with Crippen molar-refractivity contribution in [3.05, 3.63) is 58.5 Å². The molecule has 5 nitrogen and oxygen atoms in total. The molecule has 1 heterocycles. The number of benzene rings is 1. The van der Waals surface area contributed by atoms with Crippen LogP contribution < -0.4 is 10.6 Å². The van der Waals surface area contributed by atoms with E-state index < -0.39 is 0 Å². The van der Waals surface area contributed by atoms with Crippen molar-refractivity contribution in [2.75, 3.05) is 11.9 Å². The first kappa shape index (κ1) is 16.3. The third-order valence-corrected chi connectivity index (χ3v) is 3.22. The van der Waals surface area contributed by atoms with Gasteiger partial charge in [-0.25, -0.2) is 9.97 Å². The first-order valence-electron chi connectivity index (χ1n) is 6.46. The molecule has 0 spiro atoms. The minimum atomic E-state index is -0.296. The summed E-state index contributed by atoms with van der Waals surface area (Å²) in [5.74, 6) is 0.648. The van der Waals surface area contributed by atoms with E-state index in [2.05, 4.69) is 27.2 Å². The van der Waals surface area contributed by atoms with Gasteiger partial charge >= 0.3 is 0 Å². The minimum Gasteiger partial charge on any atom is -0.347 e. The van der Waals surface area contributed by atoms with Crippen molar-refractivity contribution >= 4 is 40.6 Å². The van der Waals surface area contributed by atoms with Crippen molar-refractivity contribution in [3.63, 3.8) is 0 Å². The fraction of sp³-hybridized carbons (Fsp3) is 0.133. The Bertz CT molecular complexity index is 719. The van der Waals surface area contributed by atoms with E-state index >= 15 is 0 Å². The second kappa shape index (κ2) is 7.24. The lowest BCUT2D eigenvalue weighted by Crippen LogP contribution is -2.24. The number of amides is 1. The summed E-state index contributed by atoms with van der Waals surface area (Å²) in [4.78, 5) is 20.3. The van der Waals surface area contributed by atoms with Gasteiger partial charge in [0, 0.05) is 17.6 Å². The van der Waals surface area contributed by atoms with Crippen LogP contribution >= 0.6 is 23.2 Å². The van der Waals surface area contributed by atoms with Gasteiger partial charge < -0.3 is 10.6 Å². The molecule has 114 valence electrons. The van der Waals surface area contributed by atoms with Gasteiger partial charge in [-0.15, -0.1) is 6.58 Å². The SMILES string of the molecule is C=CCNC(=O)c1cc(Nc2ccc(Cl)cc2Cl)nc(C)n1. The molecular weight excluding hydrogens is 323 g/mol. The second-order valence-electron chi connectivity index (χ2n) is 4.43. The number of halogens is 2. The lowest BCUT2D eigenvalue weighted by Gasteiger charge is -2.10. The Morgan fingerprint density at radius 1 is 1.32 bits per heavy atom. The largest absolute Gasteiger partial charge is 0.347 e. The Hall–Kier alpha value is -2.11. The number of anilines is 2. The van der Waals surface area contributed by atoms with Gasteiger partial charge in [0.1, 0.15) is 17.3 Å². The molecule has 0 saturated carbocycles. The molecule has 0 bridgehead atoms. The average Bonchev–Trinajstić information content (AvgIpc) is 2.47. The molecule has 2 rings (SSSR count). The number of aryl methyl sites for hydroxylation is 1. The van der Waals surface area contributed by atoms with Crippen LogP contribution in [0.3, 0.4) is 0 Å². The maximum absolute atomic E-state index is 12.0. The average molecular weight is 337 g/mol. The molecule has 0 radical (unpaired) electrons. The summed E-state index contributed by atoms with van der Waals surface area (Å²) in [6.45, 7) is 5.62. The molecule has 1 aromatic heterocycles. The summed E-state index contributed by atoms with van der Waals surface area (Å²) < 4.78 is 0. The molecule has 0 aliphatic carbocycles. The molecule has 0 aliphatic heterocycles. The third-order valence-electron chi connectivity index (χ3n) is 2.67. The lowest BCUT2D eigenvalue weighted by molar-refractivity contribution is 0.0952. The molecule has 0 fully saturated rings. The number of aromatic nitrogens is 2. The highest BCUT2D eigenvalue weighted by Gasteiger charge is 2.10. The lowest BCUT2D eigenvalue weighted by atomic mass is 10.3. The predicted octanol–water partition coefficient (Wildman–Crippen LogP) is 3.75. The van der Waals surface area contributed by atoms with Crippen LogP contribution in [0, 0.1) is 6.92 Å². The summed E-state index contributed by atoms with van der Waals surface area (Å²) in [6, 6.07) is 6.62. The molecule has 0 aliphatic rings. The molecule has 2 N–H and O–H groups in total. The zero-order valence-electron chi connectivity index (χ0n) is 11.9. The van der Waals surface area contributed by atoms with Crippen molar-refractivity contribution in [2.24, 2.45) is 0 Å². The first-order chi connectivity index (χ1) is 10.5. The zero-order valence-corrected chi connectivity index (χ0v) is 13.4. The number of carbonyl (C=O) groups is 1. The standard InChI is InChI=1S/C15H14Cl2N4O/c1-3-6-18-15(22)13-8-14(20-9(2)19-13)21-12-5-4-10(16)7-11(12)17/h3-5,7-8H,1,6H2,2H3,(H,18,22)(H,19,20,21). The van der Waals surface area contributed by atoms with E-state index in [9.17, 15) is 4.79 Å². The molecule has 22 heavy (non-hydrogen) atoms. The van der Waals surface area contributed by atoms with E-state index in [1.165, 1.54) is 0 Å². The number of hydrogen-bond acceptors (Lipinski definition) is 4. The highest BCUT2D eigenvalue weighted by molar-refractivity contribution is 6.36. The van der Waals surface area contributed by atoms with Gasteiger partial charge in [-0.05, 0) is 25.1 Å². The van der Waals surface area contributed by atoms with Gasteiger partial charge in [0.05, 0.1) is 10.7 Å². The molecule has 2 aromatic rings. The summed E-state index contributed by atoms with van der Waals surface area (Å²) in [5, 5.41) is 6.72. The van der Waals surface area contributed by atoms with E-state index in [0.717, 1.165) is 0 Å². The molecule has 7 heteroatoms. The van der Waals surface area contributed by atoms with E-state index in [4.69, 9.17) is 23.2 Å². The normalized spacial score (nSPS) is 10.1. The van der Waals surface area contributed by atoms with E-state index in [-0.39, 0.29) is 11.6 Å². The number of nitrogens with one attached hydrogen (secondary N) is 2. The minimum absolute atomic E-state index is 0.266. The monoisotopic (exact) mass is 336 g/mol. The van der Waals surface area contributed by atoms with Gasteiger partial charge in [0.15, 0.2) is 0 Å². The van der Waals surface area contributed by atoms with Crippen LogP contribution in [0.2, 0.25) is 10.0 Å². The van der Waals surface area contributed by atoms with Gasteiger partial charge in [0.25, 0.3) is 5.91 Å². The van der Waals surface area contributed by atoms with Crippen molar-refractivity contribution in [1.82, 2.24) is 15.3 Å². The quantitative estimate of drug-likeness (QED) is 0.816. The smallest absolute Gasteiger partial charge is 0.270 e. The second-order valence-corrected chi connectivity index (χ2v) is 5.28. The van der Waals surface area contributed by atoms with E-state index in [1.807, 2.05) is 0 Å². The van der Waals surface area contributed by atoms with E-state index in [0.29, 0.717) is 33.9 Å². The number of carbonyl (C=O) groups excluding carboxylic acids is 1. The Morgan fingerprint density at radius 2 is 2.09 bits per heavy atom. The number of rotatable bonds is 5. The third kappa shape index (κ3) is 4.19. The maximum Gasteiger partial charge on any atom is 0.270 e. The Labute approximate surface area is 138 Å². The van der Waals surface area contributed by atoms with Crippen LogP contribution in [0.4, 0.5) is 11.5 Å². The van der Waals surface area contributed by atoms with Crippen molar-refractivity contribution in [1.29, 1.82) is 0 Å². The van der Waals surface area contributed by atoms with E-state index in [1.54, 1.807) is 37.3 Å². The van der Waals surface area contributed by atoms with Gasteiger partial charge in [-0.2, -0.15) is 0 Å². The number of nitrogens with zero attached hydrogens (tertiary/aromatic N) is 2. The summed E-state index contributed by atoms with van der Waals surface area (Å²) in [7, 11) is 0. The van der Waals surface area contributed by atoms with Crippen LogP contribution in [-0.2, 0) is 0 Å². The first-order valence-corrected chi connectivity index (χ1v) is 7.22. The van der Waals surface area contributed by atoms with Gasteiger partial charge in [-0.1, -0.05) is 29.3 Å². The molecule has 0 saturated heterocycles. The Morgan fingerprint density at radius 3 is 2.77 bits per heavy atom. The summed E-state index contributed by atoms with van der Waals surface area (Å²) in [5.41, 5.74) is 0.906. The molecule has 0 unspecified atom stereocenters. The highest BCUT2D eigenvalue weighted by atomic mass is 35.5. The van der Waals surface area contributed by atoms with Crippen LogP contribution in [-0.4, -0.2) is 22.4 Å². The topological polar surface area (TPSA) is 66.9 Å². The fourth-order valence-electron chi connectivity index (χ4n) is 1.73.